The molecule has 0 unspecified atom stereocenters. The number of carboxylic acid groups (broad SMARTS) is 1. The largest absolute Gasteiger partial charge is 0.478 e. The summed E-state index contributed by atoms with van der Waals surface area (Å²) in [7, 11) is -4.29. The van der Waals surface area contributed by atoms with Crippen LogP contribution in [-0.2, 0) is 10.0 Å². The van der Waals surface area contributed by atoms with Gasteiger partial charge >= 0.3 is 5.97 Å². The van der Waals surface area contributed by atoms with E-state index in [0.717, 1.165) is 24.5 Å². The minimum Gasteiger partial charge on any atom is -0.478 e. The van der Waals surface area contributed by atoms with Gasteiger partial charge in [0.2, 0.25) is 0 Å². The van der Waals surface area contributed by atoms with Crippen molar-refractivity contribution in [3.8, 4) is 0 Å². The van der Waals surface area contributed by atoms with Gasteiger partial charge in [-0.15, -0.1) is 0 Å². The summed E-state index contributed by atoms with van der Waals surface area (Å²) in [6, 6.07) is 8.84. The number of nitrogens with one attached hydrogen (secondary N) is 2. The number of hydrogen-bond acceptors (Lipinski definition) is 7. The van der Waals surface area contributed by atoms with E-state index in [9.17, 15) is 28.4 Å². The lowest BCUT2D eigenvalue weighted by molar-refractivity contribution is -0.384. The first-order valence-electron chi connectivity index (χ1n) is 10.6. The molecule has 2 aromatic carbocycles. The maximum absolute atomic E-state index is 12.8. The third kappa shape index (κ3) is 4.26. The van der Waals surface area contributed by atoms with Crippen molar-refractivity contribution in [2.24, 2.45) is 22.4 Å². The monoisotopic (exact) mass is 484 g/mol. The van der Waals surface area contributed by atoms with Crippen LogP contribution in [-0.4, -0.2) is 30.6 Å². The molecule has 0 radical (unpaired) electrons. The Morgan fingerprint density at radius 1 is 1.24 bits per heavy atom. The van der Waals surface area contributed by atoms with Crippen molar-refractivity contribution in [3.05, 3.63) is 69.8 Å². The highest BCUT2D eigenvalue weighted by Gasteiger charge is 2.50. The van der Waals surface area contributed by atoms with Gasteiger partial charge < -0.3 is 5.11 Å². The quantitative estimate of drug-likeness (QED) is 0.284. The number of allylic oxidation sites excluding steroid dienone is 2. The van der Waals surface area contributed by atoms with E-state index in [-0.39, 0.29) is 27.2 Å². The zero-order chi connectivity index (χ0) is 24.7. The van der Waals surface area contributed by atoms with Crippen molar-refractivity contribution >= 4 is 39.3 Å². The zero-order valence-corrected chi connectivity index (χ0v) is 19.4. The van der Waals surface area contributed by atoms with Crippen LogP contribution in [0.15, 0.2) is 64.1 Å². The van der Waals surface area contributed by atoms with Gasteiger partial charge in [-0.2, -0.15) is 5.10 Å². The summed E-state index contributed by atoms with van der Waals surface area (Å²) in [5, 5.41) is 25.0. The summed E-state index contributed by atoms with van der Waals surface area (Å²) in [5.41, 5.74) is 3.12. The van der Waals surface area contributed by atoms with Gasteiger partial charge in [0.25, 0.3) is 15.7 Å². The number of rotatable bonds is 8. The lowest BCUT2D eigenvalue weighted by Gasteiger charge is -2.55. The molecule has 0 saturated heterocycles. The molecule has 0 heterocycles. The molecule has 0 aliphatic heterocycles. The fraction of sp³-hybridized carbons (Fsp3) is 0.304. The third-order valence-electron chi connectivity index (χ3n) is 6.79. The molecule has 0 spiro atoms. The minimum atomic E-state index is -4.29. The van der Waals surface area contributed by atoms with Crippen LogP contribution in [0.4, 0.5) is 17.1 Å². The molecule has 10 nitrogen and oxygen atoms in total. The molecule has 3 aliphatic rings. The summed E-state index contributed by atoms with van der Waals surface area (Å²) in [6.07, 6.45) is 5.89. The van der Waals surface area contributed by atoms with Crippen LogP contribution in [0.25, 0.3) is 0 Å². The normalized spacial score (nSPS) is 20.8. The number of carboxylic acids is 1. The second kappa shape index (κ2) is 8.56. The average molecular weight is 485 g/mol. The van der Waals surface area contributed by atoms with Crippen LogP contribution in [0.5, 0.6) is 0 Å². The van der Waals surface area contributed by atoms with Gasteiger partial charge in [0.1, 0.15) is 5.69 Å². The first kappa shape index (κ1) is 23.4. The highest BCUT2D eigenvalue weighted by Crippen LogP contribution is 2.58. The number of aromatic carboxylic acids is 1. The molecule has 5 rings (SSSR count). The van der Waals surface area contributed by atoms with E-state index < -0.39 is 26.6 Å². The van der Waals surface area contributed by atoms with Crippen molar-refractivity contribution < 1.29 is 23.2 Å². The van der Waals surface area contributed by atoms with Gasteiger partial charge in [0.05, 0.1) is 27.3 Å². The average Bonchev–Trinajstić information content (AvgIpc) is 2.79. The van der Waals surface area contributed by atoms with Crippen LogP contribution in [0.1, 0.15) is 37.0 Å². The number of hydrazone groups is 1. The standard InChI is InChI=1S/C23H24N4O6S/c1-23(2)15-8-7-14(18(23)11-15)13-24-25-20-10-9-16(12-21(20)27(30)31)34(32,33)26-19-6-4-3-5-17(19)22(28)29/h3-7,9-10,12-13,15,18,25-26H,8,11H2,1-2H3,(H,28,29)/b24-13-/t15-,18-/m1/s1. The van der Waals surface area contributed by atoms with E-state index in [2.05, 4.69) is 35.2 Å². The maximum Gasteiger partial charge on any atom is 0.337 e. The molecule has 34 heavy (non-hydrogen) atoms. The Balaban J connectivity index is 1.55. The van der Waals surface area contributed by atoms with Crippen molar-refractivity contribution in [2.75, 3.05) is 10.1 Å². The van der Waals surface area contributed by atoms with Gasteiger partial charge in [-0.05, 0) is 59.9 Å². The number of hydrogen-bond donors (Lipinski definition) is 3. The fourth-order valence-corrected chi connectivity index (χ4v) is 5.71. The molecule has 2 bridgehead atoms. The number of nitro groups is 1. The molecule has 178 valence electrons. The molecule has 1 fully saturated rings. The van der Waals surface area contributed by atoms with Crippen LogP contribution in [0.2, 0.25) is 0 Å². The number of sulfonamides is 1. The van der Waals surface area contributed by atoms with E-state index in [1.165, 1.54) is 36.4 Å². The Morgan fingerprint density at radius 3 is 2.62 bits per heavy atom. The first-order chi connectivity index (χ1) is 16.0. The van der Waals surface area contributed by atoms with E-state index in [0.29, 0.717) is 11.8 Å². The molecule has 11 heteroatoms. The fourth-order valence-electron chi connectivity index (χ4n) is 4.61. The van der Waals surface area contributed by atoms with Gasteiger partial charge in [-0.3, -0.25) is 20.3 Å². The SMILES string of the molecule is CC1(C)[C@@H]2CC=C(/C=N\Nc3ccc(S(=O)(=O)Nc4ccccc4C(=O)O)cc3[N+](=O)[O-])[C@H]1C2. The molecular formula is C23H24N4O6S. The summed E-state index contributed by atoms with van der Waals surface area (Å²) < 4.78 is 27.8. The summed E-state index contributed by atoms with van der Waals surface area (Å²) in [5.74, 6) is -0.232. The van der Waals surface area contributed by atoms with Crippen molar-refractivity contribution in [2.45, 2.75) is 31.6 Å². The van der Waals surface area contributed by atoms with Crippen LogP contribution >= 0.6 is 0 Å². The highest BCUT2D eigenvalue weighted by molar-refractivity contribution is 7.92. The molecule has 3 aliphatic carbocycles. The van der Waals surface area contributed by atoms with Crippen LogP contribution in [0.3, 0.4) is 0 Å². The van der Waals surface area contributed by atoms with E-state index in [1.807, 2.05) is 0 Å². The number of fused-ring (bicyclic) bond motifs is 1. The second-order valence-electron chi connectivity index (χ2n) is 9.01. The van der Waals surface area contributed by atoms with E-state index >= 15 is 0 Å². The van der Waals surface area contributed by atoms with Crippen molar-refractivity contribution in [3.63, 3.8) is 0 Å². The summed E-state index contributed by atoms with van der Waals surface area (Å²) in [6.45, 7) is 4.46. The predicted molar refractivity (Wildman–Crippen MR) is 127 cm³/mol. The van der Waals surface area contributed by atoms with Gasteiger partial charge in [-0.25, -0.2) is 13.2 Å². The Morgan fingerprint density at radius 2 is 1.97 bits per heavy atom. The number of nitrogens with zero attached hydrogens (tertiary/aromatic N) is 2. The molecular weight excluding hydrogens is 460 g/mol. The van der Waals surface area contributed by atoms with E-state index in [4.69, 9.17) is 0 Å². The zero-order valence-electron chi connectivity index (χ0n) is 18.6. The highest BCUT2D eigenvalue weighted by atomic mass is 32.2. The van der Waals surface area contributed by atoms with Crippen LogP contribution < -0.4 is 10.1 Å². The number of para-hydroxylation sites is 1. The predicted octanol–water partition coefficient (Wildman–Crippen LogP) is 4.48. The number of carbonyl (C=O) groups is 1. The van der Waals surface area contributed by atoms with Gasteiger partial charge in [-0.1, -0.05) is 32.1 Å². The topological polar surface area (TPSA) is 151 Å². The minimum absolute atomic E-state index is 0.0355. The Bertz CT molecular complexity index is 1330. The number of nitro benzene ring substituents is 1. The smallest absolute Gasteiger partial charge is 0.337 e. The van der Waals surface area contributed by atoms with Gasteiger partial charge in [0, 0.05) is 6.07 Å². The third-order valence-corrected chi connectivity index (χ3v) is 8.15. The van der Waals surface area contributed by atoms with Gasteiger partial charge in [0.15, 0.2) is 0 Å². The van der Waals surface area contributed by atoms with Crippen LogP contribution in [0, 0.1) is 27.4 Å². The van der Waals surface area contributed by atoms with Crippen molar-refractivity contribution in [1.82, 2.24) is 0 Å². The Kier molecular flexibility index (Phi) is 5.90. The molecule has 2 aromatic rings. The van der Waals surface area contributed by atoms with E-state index in [1.54, 1.807) is 6.21 Å². The first-order valence-corrected chi connectivity index (χ1v) is 12.1. The number of anilines is 2. The van der Waals surface area contributed by atoms with Crippen molar-refractivity contribution in [1.29, 1.82) is 0 Å². The molecule has 3 N–H and O–H groups in total. The Labute approximate surface area is 196 Å². The Hall–Kier alpha value is -3.73. The molecule has 1 saturated carbocycles. The lowest BCUT2D eigenvalue weighted by atomic mass is 9.49. The summed E-state index contributed by atoms with van der Waals surface area (Å²) >= 11 is 0. The summed E-state index contributed by atoms with van der Waals surface area (Å²) in [4.78, 5) is 21.9. The lowest BCUT2D eigenvalue weighted by Crippen LogP contribution is -2.48. The second-order valence-corrected chi connectivity index (χ2v) is 10.7. The molecule has 0 amide bonds. The maximum atomic E-state index is 12.8. The number of benzene rings is 2. The molecule has 2 atom stereocenters. The molecule has 0 aromatic heterocycles.